The number of nitrogens with zero attached hydrogens (tertiary/aromatic N) is 2. The Hall–Kier alpha value is -7.69. The van der Waals surface area contributed by atoms with E-state index in [1.54, 1.807) is 0 Å². The second-order valence-corrected chi connectivity index (χ2v) is 19.7. The fraction of sp³-hybridized carbons (Fsp3) is 0.156. The molecule has 0 saturated carbocycles. The first kappa shape index (κ1) is 42.4. The Bertz CT molecular complexity index is 3330. The molecule has 0 saturated heterocycles. The Morgan fingerprint density at radius 3 is 1.09 bits per heavy atom. The summed E-state index contributed by atoms with van der Waals surface area (Å²) in [6, 6.07) is 64.1. The molecule has 0 aromatic heterocycles. The van der Waals surface area contributed by atoms with E-state index in [9.17, 15) is 0 Å². The fourth-order valence-corrected chi connectivity index (χ4v) is 11.7. The average molecular weight is 905 g/mol. The maximum Gasteiger partial charge on any atom is 0.256 e. The van der Waals surface area contributed by atoms with Gasteiger partial charge in [-0.25, -0.2) is 0 Å². The first-order valence-corrected chi connectivity index (χ1v) is 25.4. The molecular weight excluding hydrogens is 850 g/mol. The van der Waals surface area contributed by atoms with Crippen LogP contribution in [0.5, 0.6) is 23.0 Å². The molecule has 4 aliphatic rings. The molecule has 4 aliphatic heterocycles. The zero-order valence-corrected chi connectivity index (χ0v) is 40.9. The minimum absolute atomic E-state index is 0.148. The van der Waals surface area contributed by atoms with E-state index in [4.69, 9.17) is 9.47 Å². The van der Waals surface area contributed by atoms with E-state index in [2.05, 4.69) is 221 Å². The summed E-state index contributed by atoms with van der Waals surface area (Å²) in [5.41, 5.74) is 26.0. The van der Waals surface area contributed by atoms with Gasteiger partial charge >= 0.3 is 0 Å². The minimum Gasteiger partial charge on any atom is -0.456 e. The predicted molar refractivity (Wildman–Crippen MR) is 296 cm³/mol. The van der Waals surface area contributed by atoms with Crippen LogP contribution < -0.4 is 52.1 Å². The van der Waals surface area contributed by atoms with Crippen molar-refractivity contribution in [2.45, 2.75) is 67.2 Å². The van der Waals surface area contributed by atoms with Gasteiger partial charge in [0.2, 0.25) is 0 Å². The maximum atomic E-state index is 7.78. The third-order valence-corrected chi connectivity index (χ3v) is 15.6. The molecule has 70 heavy (non-hydrogen) atoms. The Labute approximate surface area is 413 Å². The lowest BCUT2D eigenvalue weighted by atomic mass is 9.31. The average Bonchev–Trinajstić information content (AvgIpc) is 3.41. The molecule has 4 heterocycles. The molecule has 338 valence electrons. The van der Waals surface area contributed by atoms with Crippen LogP contribution in [-0.2, 0) is 25.7 Å². The molecule has 0 N–H and O–H groups in total. The molecule has 0 bridgehead atoms. The van der Waals surface area contributed by atoms with Crippen molar-refractivity contribution in [2.24, 2.45) is 0 Å². The molecule has 9 aromatic rings. The van der Waals surface area contributed by atoms with Gasteiger partial charge in [0.25, 0.3) is 13.4 Å². The van der Waals surface area contributed by atoms with Crippen LogP contribution in [0, 0.1) is 13.8 Å². The highest BCUT2D eigenvalue weighted by atomic mass is 16.5. The normalized spacial score (nSPS) is 13.3. The van der Waals surface area contributed by atoms with E-state index in [0.717, 1.165) is 116 Å². The highest BCUT2D eigenvalue weighted by Crippen LogP contribution is 2.54. The van der Waals surface area contributed by atoms with Crippen LogP contribution in [0.15, 0.2) is 170 Å². The number of hydrogen-bond acceptors (Lipinski definition) is 4. The molecule has 0 aliphatic carbocycles. The van der Waals surface area contributed by atoms with E-state index in [0.29, 0.717) is 0 Å². The number of aryl methyl sites for hydroxylation is 6. The van der Waals surface area contributed by atoms with E-state index in [1.807, 2.05) is 0 Å². The number of anilines is 6. The second-order valence-electron chi connectivity index (χ2n) is 19.7. The second kappa shape index (κ2) is 16.5. The van der Waals surface area contributed by atoms with Crippen molar-refractivity contribution >= 4 is 80.3 Å². The van der Waals surface area contributed by atoms with Gasteiger partial charge in [-0.05, 0) is 154 Å². The Morgan fingerprint density at radius 2 is 0.714 bits per heavy atom. The summed E-state index contributed by atoms with van der Waals surface area (Å²) in [5, 5.41) is 0. The number of ether oxygens (including phenoxy) is 2. The Morgan fingerprint density at radius 1 is 0.357 bits per heavy atom. The van der Waals surface area contributed by atoms with Crippen molar-refractivity contribution in [3.05, 3.63) is 203 Å². The van der Waals surface area contributed by atoms with E-state index < -0.39 is 0 Å². The fourth-order valence-electron chi connectivity index (χ4n) is 11.7. The highest BCUT2D eigenvalue weighted by Gasteiger charge is 2.52. The zero-order chi connectivity index (χ0) is 47.4. The smallest absolute Gasteiger partial charge is 0.256 e. The molecule has 4 nitrogen and oxygen atoms in total. The summed E-state index contributed by atoms with van der Waals surface area (Å²) in [6.45, 7) is 13.0. The molecule has 0 radical (unpaired) electrons. The summed E-state index contributed by atoms with van der Waals surface area (Å²) in [4.78, 5) is 5.00. The third kappa shape index (κ3) is 6.53. The molecule has 13 rings (SSSR count). The van der Waals surface area contributed by atoms with Crippen LogP contribution in [0.4, 0.5) is 34.1 Å². The van der Waals surface area contributed by atoms with Crippen molar-refractivity contribution in [3.8, 4) is 45.3 Å². The monoisotopic (exact) mass is 904 g/mol. The first-order valence-electron chi connectivity index (χ1n) is 25.4. The van der Waals surface area contributed by atoms with E-state index >= 15 is 0 Å². The van der Waals surface area contributed by atoms with Gasteiger partial charge in [0.1, 0.15) is 23.0 Å². The topological polar surface area (TPSA) is 24.9 Å². The van der Waals surface area contributed by atoms with Gasteiger partial charge < -0.3 is 19.3 Å². The lowest BCUT2D eigenvalue weighted by Crippen LogP contribution is -2.64. The summed E-state index contributed by atoms with van der Waals surface area (Å²) in [7, 11) is 0. The highest BCUT2D eigenvalue weighted by molar-refractivity contribution is 7.02. The lowest BCUT2D eigenvalue weighted by molar-refractivity contribution is 0.477. The number of rotatable bonds is 8. The van der Waals surface area contributed by atoms with Crippen LogP contribution in [0.25, 0.3) is 22.3 Å². The summed E-state index contributed by atoms with van der Waals surface area (Å²) in [5.74, 6) is 3.54. The Balaban J connectivity index is 1.17. The Kier molecular flexibility index (Phi) is 9.99. The molecule has 0 unspecified atom stereocenters. The molecule has 6 heteroatoms. The third-order valence-electron chi connectivity index (χ3n) is 15.6. The predicted octanol–water partition coefficient (Wildman–Crippen LogP) is 12.7. The van der Waals surface area contributed by atoms with Gasteiger partial charge in [-0.3, -0.25) is 0 Å². The van der Waals surface area contributed by atoms with Crippen LogP contribution in [0.2, 0.25) is 0 Å². The van der Waals surface area contributed by atoms with Crippen molar-refractivity contribution in [1.82, 2.24) is 0 Å². The largest absolute Gasteiger partial charge is 0.456 e. The van der Waals surface area contributed by atoms with Crippen molar-refractivity contribution < 1.29 is 9.47 Å². The maximum absolute atomic E-state index is 7.78. The van der Waals surface area contributed by atoms with Crippen LogP contribution >= 0.6 is 0 Å². The van der Waals surface area contributed by atoms with Crippen LogP contribution in [0.3, 0.4) is 0 Å². The van der Waals surface area contributed by atoms with Gasteiger partial charge in [-0.15, -0.1) is 0 Å². The number of benzene rings is 9. The van der Waals surface area contributed by atoms with Gasteiger partial charge in [-0.1, -0.05) is 160 Å². The summed E-state index contributed by atoms with van der Waals surface area (Å²) < 4.78 is 15.6. The van der Waals surface area contributed by atoms with Crippen molar-refractivity contribution in [3.63, 3.8) is 0 Å². The van der Waals surface area contributed by atoms with Crippen LogP contribution in [0.1, 0.15) is 61.1 Å². The summed E-state index contributed by atoms with van der Waals surface area (Å²) in [6.07, 6.45) is 3.79. The quantitative estimate of drug-likeness (QED) is 0.142. The lowest BCUT2D eigenvalue weighted by Gasteiger charge is -2.47. The molecule has 9 aromatic carbocycles. The van der Waals surface area contributed by atoms with Gasteiger partial charge in [-0.2, -0.15) is 0 Å². The zero-order valence-electron chi connectivity index (χ0n) is 40.9. The van der Waals surface area contributed by atoms with Crippen molar-refractivity contribution in [2.75, 3.05) is 9.80 Å². The van der Waals surface area contributed by atoms with Gasteiger partial charge in [0.05, 0.1) is 11.4 Å². The van der Waals surface area contributed by atoms with Crippen molar-refractivity contribution in [1.29, 1.82) is 0 Å². The SMILES string of the molecule is CCc1ccc(N2c3ccc(CC)cc3B3c4ccc(-c5ccc(C)cc5)cc4Oc4c3c2c2c3c4N(c4ccc(CC)cc4)c4ccc(CC)cc4B3c3ccc(-c4ccc(C)cc4)cc3O2)cc1. The van der Waals surface area contributed by atoms with Crippen LogP contribution in [-0.4, -0.2) is 13.4 Å². The molecule has 0 spiro atoms. The van der Waals surface area contributed by atoms with E-state index in [-0.39, 0.29) is 13.4 Å². The first-order chi connectivity index (χ1) is 34.3. The molecular formula is C64H54B2N2O2. The van der Waals surface area contributed by atoms with Gasteiger partial charge in [0, 0.05) is 33.7 Å². The standard InChI is InChI=1S/C64H54B2N2O2/c1-7-41-15-27-49(28-16-41)67-55-33-19-43(9-3)35-53(55)65-51-31-25-48(46-23-13-40(6)14-24-46)38-58(51)70-64-59(65)61(67)63-60-62(64)68(50-29-17-42(8-2)18-30-50)56-34-20-44(10-4)36-54(56)66(60)52-32-26-47(37-57(52)69-63)45-21-11-39(5)12-22-45/h11-38H,7-10H2,1-6H3. The number of fused-ring (bicyclic) bond motifs is 10. The molecule has 0 amide bonds. The molecule has 0 fully saturated rings. The summed E-state index contributed by atoms with van der Waals surface area (Å²) >= 11 is 0. The number of hydrogen-bond donors (Lipinski definition) is 0. The minimum atomic E-state index is -0.148. The molecule has 0 atom stereocenters. The van der Waals surface area contributed by atoms with Gasteiger partial charge in [0.15, 0.2) is 0 Å². The van der Waals surface area contributed by atoms with E-state index in [1.165, 1.54) is 55.4 Å².